The Labute approximate surface area is 90.4 Å². The van der Waals surface area contributed by atoms with Gasteiger partial charge >= 0.3 is 0 Å². The van der Waals surface area contributed by atoms with E-state index in [2.05, 4.69) is 17.0 Å². The molecule has 88 valence electrons. The van der Waals surface area contributed by atoms with Crippen LogP contribution in [0.1, 0.15) is 19.8 Å². The van der Waals surface area contributed by atoms with Crippen molar-refractivity contribution in [2.75, 3.05) is 26.7 Å². The van der Waals surface area contributed by atoms with Crippen LogP contribution >= 0.6 is 0 Å². The number of carbonyl (C=O) groups excluding carboxylic acids is 1. The molecule has 1 aliphatic rings. The molecule has 0 aromatic heterocycles. The van der Waals surface area contributed by atoms with Gasteiger partial charge in [0.2, 0.25) is 12.3 Å². The number of hydrogen-bond acceptors (Lipinski definition) is 4. The number of methoxy groups -OCH3 is 1. The molecule has 0 aromatic rings. The van der Waals surface area contributed by atoms with E-state index in [1.807, 2.05) is 4.90 Å². The molecule has 0 radical (unpaired) electrons. The lowest BCUT2D eigenvalue weighted by molar-refractivity contribution is -0.137. The van der Waals surface area contributed by atoms with E-state index in [0.29, 0.717) is 5.92 Å². The smallest absolute Gasteiger partial charge is 0.236 e. The van der Waals surface area contributed by atoms with Crippen molar-refractivity contribution >= 4 is 5.91 Å². The molecule has 0 aromatic carbocycles. The van der Waals surface area contributed by atoms with Crippen LogP contribution in [0.3, 0.4) is 0 Å². The van der Waals surface area contributed by atoms with E-state index in [0.717, 1.165) is 19.5 Å². The summed E-state index contributed by atoms with van der Waals surface area (Å²) in [5.74, 6) is 0.604. The maximum Gasteiger partial charge on any atom is 0.236 e. The molecule has 5 nitrogen and oxygen atoms in total. The number of nitrogens with one attached hydrogen (secondary N) is 1. The fourth-order valence-electron chi connectivity index (χ4n) is 1.79. The van der Waals surface area contributed by atoms with E-state index < -0.39 is 6.41 Å². The number of aliphatic hydroxyl groups excluding tert-OH is 1. The van der Waals surface area contributed by atoms with Gasteiger partial charge in [0, 0.05) is 20.2 Å². The summed E-state index contributed by atoms with van der Waals surface area (Å²) in [6.45, 7) is 3.93. The first kappa shape index (κ1) is 12.4. The second-order valence-electron chi connectivity index (χ2n) is 4.06. The summed E-state index contributed by atoms with van der Waals surface area (Å²) in [5.41, 5.74) is 0. The van der Waals surface area contributed by atoms with Crippen molar-refractivity contribution in [1.29, 1.82) is 0 Å². The average Bonchev–Trinajstić information content (AvgIpc) is 2.25. The molecule has 1 amide bonds. The molecule has 0 saturated carbocycles. The fourth-order valence-corrected chi connectivity index (χ4v) is 1.79. The van der Waals surface area contributed by atoms with E-state index >= 15 is 0 Å². The first-order chi connectivity index (χ1) is 7.13. The number of nitrogens with zero attached hydrogens (tertiary/aromatic N) is 1. The van der Waals surface area contributed by atoms with Gasteiger partial charge in [-0.05, 0) is 18.8 Å². The van der Waals surface area contributed by atoms with Crippen LogP contribution in [-0.4, -0.2) is 49.1 Å². The molecule has 0 aliphatic carbocycles. The minimum atomic E-state index is -1.06. The van der Waals surface area contributed by atoms with Gasteiger partial charge in [0.25, 0.3) is 0 Å². The third-order valence-electron chi connectivity index (χ3n) is 2.66. The summed E-state index contributed by atoms with van der Waals surface area (Å²) in [5, 5.41) is 11.6. The zero-order valence-electron chi connectivity index (χ0n) is 9.40. The largest absolute Gasteiger partial charge is 0.356 e. The maximum absolute atomic E-state index is 11.7. The van der Waals surface area contributed by atoms with Gasteiger partial charge in [0.1, 0.15) is 0 Å². The van der Waals surface area contributed by atoms with Crippen LogP contribution in [0.25, 0.3) is 0 Å². The minimum absolute atomic E-state index is 0.0256. The molecule has 2 atom stereocenters. The Morgan fingerprint density at radius 2 is 2.47 bits per heavy atom. The summed E-state index contributed by atoms with van der Waals surface area (Å²) >= 11 is 0. The van der Waals surface area contributed by atoms with E-state index in [1.165, 1.54) is 13.5 Å². The summed E-state index contributed by atoms with van der Waals surface area (Å²) < 4.78 is 4.58. The molecule has 2 N–H and O–H groups in total. The van der Waals surface area contributed by atoms with Crippen molar-refractivity contribution in [2.45, 2.75) is 26.2 Å². The zero-order chi connectivity index (χ0) is 11.3. The van der Waals surface area contributed by atoms with Crippen molar-refractivity contribution in [3.63, 3.8) is 0 Å². The van der Waals surface area contributed by atoms with Gasteiger partial charge in [0.05, 0.1) is 6.54 Å². The van der Waals surface area contributed by atoms with Gasteiger partial charge in [-0.2, -0.15) is 0 Å². The van der Waals surface area contributed by atoms with Gasteiger partial charge in [-0.25, -0.2) is 0 Å². The van der Waals surface area contributed by atoms with Crippen LogP contribution in [-0.2, 0) is 9.53 Å². The number of piperidine rings is 1. The summed E-state index contributed by atoms with van der Waals surface area (Å²) in [6, 6.07) is 0. The number of rotatable bonds is 4. The highest BCUT2D eigenvalue weighted by Crippen LogP contribution is 2.14. The lowest BCUT2D eigenvalue weighted by Crippen LogP contribution is -2.45. The number of aliphatic hydroxyl groups is 1. The minimum Gasteiger partial charge on any atom is -0.356 e. The van der Waals surface area contributed by atoms with Crippen molar-refractivity contribution in [3.05, 3.63) is 0 Å². The molecule has 5 heteroatoms. The summed E-state index contributed by atoms with van der Waals surface area (Å²) in [7, 11) is 1.38. The Bertz CT molecular complexity index is 211. The van der Waals surface area contributed by atoms with Gasteiger partial charge in [-0.15, -0.1) is 0 Å². The highest BCUT2D eigenvalue weighted by atomic mass is 16.6. The molecule has 0 bridgehead atoms. The highest BCUT2D eigenvalue weighted by molar-refractivity contribution is 5.78. The van der Waals surface area contributed by atoms with Crippen molar-refractivity contribution < 1.29 is 14.6 Å². The van der Waals surface area contributed by atoms with Crippen LogP contribution in [0, 0.1) is 5.92 Å². The van der Waals surface area contributed by atoms with Crippen LogP contribution < -0.4 is 5.32 Å². The Hall–Kier alpha value is -0.650. The molecule has 1 heterocycles. The van der Waals surface area contributed by atoms with Gasteiger partial charge in [-0.3, -0.25) is 10.1 Å². The lowest BCUT2D eigenvalue weighted by Gasteiger charge is -2.31. The first-order valence-electron chi connectivity index (χ1n) is 5.35. The molecule has 2 unspecified atom stereocenters. The highest BCUT2D eigenvalue weighted by Gasteiger charge is 2.20. The monoisotopic (exact) mass is 216 g/mol. The number of hydrogen-bond donors (Lipinski definition) is 2. The number of ether oxygens (including phenoxy) is 1. The van der Waals surface area contributed by atoms with Gasteiger partial charge < -0.3 is 14.7 Å². The van der Waals surface area contributed by atoms with Crippen molar-refractivity contribution in [2.24, 2.45) is 5.92 Å². The number of likely N-dealkylation sites (tertiary alicyclic amines) is 1. The summed E-state index contributed by atoms with van der Waals surface area (Å²) in [6.07, 6.45) is 1.20. The standard InChI is InChI=1S/C10H20N2O3/c1-8-4-3-5-12(7-8)9(13)6-11-10(14)15-2/h8,10-11,14H,3-7H2,1-2H3. The normalized spacial score (nSPS) is 23.9. The SMILES string of the molecule is COC(O)NCC(=O)N1CCCC(C)C1. The molecule has 0 spiro atoms. The van der Waals surface area contributed by atoms with Crippen molar-refractivity contribution in [3.8, 4) is 0 Å². The third-order valence-corrected chi connectivity index (χ3v) is 2.66. The van der Waals surface area contributed by atoms with Gasteiger partial charge in [0.15, 0.2) is 0 Å². The summed E-state index contributed by atoms with van der Waals surface area (Å²) in [4.78, 5) is 13.5. The Balaban J connectivity index is 2.26. The Morgan fingerprint density at radius 1 is 1.73 bits per heavy atom. The second kappa shape index (κ2) is 6.05. The topological polar surface area (TPSA) is 61.8 Å². The first-order valence-corrected chi connectivity index (χ1v) is 5.35. The predicted octanol–water partition coefficient (Wildman–Crippen LogP) is -0.243. The Morgan fingerprint density at radius 3 is 3.07 bits per heavy atom. The van der Waals surface area contributed by atoms with Gasteiger partial charge in [-0.1, -0.05) is 6.92 Å². The molecule has 1 rings (SSSR count). The molecule has 1 saturated heterocycles. The average molecular weight is 216 g/mol. The molecular weight excluding hydrogens is 196 g/mol. The molecular formula is C10H20N2O3. The molecule has 15 heavy (non-hydrogen) atoms. The number of amides is 1. The van der Waals surface area contributed by atoms with E-state index in [1.54, 1.807) is 0 Å². The maximum atomic E-state index is 11.7. The van der Waals surface area contributed by atoms with E-state index in [-0.39, 0.29) is 12.5 Å². The van der Waals surface area contributed by atoms with E-state index in [4.69, 9.17) is 5.11 Å². The molecule has 1 aliphatic heterocycles. The second-order valence-corrected chi connectivity index (χ2v) is 4.06. The van der Waals surface area contributed by atoms with Crippen LogP contribution in [0.4, 0.5) is 0 Å². The number of carbonyl (C=O) groups is 1. The zero-order valence-corrected chi connectivity index (χ0v) is 9.40. The fraction of sp³-hybridized carbons (Fsp3) is 0.900. The van der Waals surface area contributed by atoms with E-state index in [9.17, 15) is 4.79 Å². The van der Waals surface area contributed by atoms with Crippen LogP contribution in [0.15, 0.2) is 0 Å². The Kier molecular flexibility index (Phi) is 5.01. The predicted molar refractivity (Wildman–Crippen MR) is 56.0 cm³/mol. The lowest BCUT2D eigenvalue weighted by atomic mass is 10.0. The molecule has 1 fully saturated rings. The third kappa shape index (κ3) is 4.15. The van der Waals surface area contributed by atoms with Crippen molar-refractivity contribution in [1.82, 2.24) is 10.2 Å². The van der Waals surface area contributed by atoms with Crippen LogP contribution in [0.2, 0.25) is 0 Å². The van der Waals surface area contributed by atoms with Crippen LogP contribution in [0.5, 0.6) is 0 Å². The quantitative estimate of drug-likeness (QED) is 0.637.